The lowest BCUT2D eigenvalue weighted by Gasteiger charge is -2.21. The van der Waals surface area contributed by atoms with Crippen LogP contribution >= 0.6 is 0 Å². The number of rotatable bonds is 9. The van der Waals surface area contributed by atoms with E-state index in [1.165, 1.54) is 0 Å². The smallest absolute Gasteiger partial charge is 0.315 e. The summed E-state index contributed by atoms with van der Waals surface area (Å²) in [7, 11) is 3.47. The van der Waals surface area contributed by atoms with Crippen LogP contribution in [-0.2, 0) is 17.9 Å². The van der Waals surface area contributed by atoms with E-state index < -0.39 is 0 Å². The van der Waals surface area contributed by atoms with Crippen molar-refractivity contribution >= 4 is 17.6 Å². The summed E-state index contributed by atoms with van der Waals surface area (Å²) in [5, 5.41) is 8.42. The fourth-order valence-corrected chi connectivity index (χ4v) is 2.63. The van der Waals surface area contributed by atoms with Gasteiger partial charge in [-0.15, -0.1) is 0 Å². The van der Waals surface area contributed by atoms with E-state index in [4.69, 9.17) is 4.74 Å². The Balaban J connectivity index is 1.77. The summed E-state index contributed by atoms with van der Waals surface area (Å²) in [4.78, 5) is 26.1. The topological polar surface area (TPSA) is 82.7 Å². The first-order valence-corrected chi connectivity index (χ1v) is 9.24. The number of likely N-dealkylation sites (N-methyl/N-ethyl adjacent to an activating group) is 1. The van der Waals surface area contributed by atoms with Gasteiger partial charge in [-0.25, -0.2) is 4.79 Å². The summed E-state index contributed by atoms with van der Waals surface area (Å²) in [5.41, 5.74) is 3.00. The molecule has 3 N–H and O–H groups in total. The molecule has 0 atom stereocenters. The predicted molar refractivity (Wildman–Crippen MR) is 110 cm³/mol. The van der Waals surface area contributed by atoms with Crippen LogP contribution in [-0.4, -0.2) is 44.1 Å². The number of benzene rings is 2. The van der Waals surface area contributed by atoms with Crippen LogP contribution < -0.4 is 20.7 Å². The Labute approximate surface area is 166 Å². The Morgan fingerprint density at radius 3 is 2.18 bits per heavy atom. The Hall–Kier alpha value is -3.22. The molecule has 0 saturated heterocycles. The molecule has 0 heterocycles. The van der Waals surface area contributed by atoms with E-state index in [0.29, 0.717) is 19.6 Å². The fourth-order valence-electron chi connectivity index (χ4n) is 2.63. The van der Waals surface area contributed by atoms with E-state index >= 15 is 0 Å². The van der Waals surface area contributed by atoms with Gasteiger partial charge in [0, 0.05) is 32.4 Å². The molecule has 2 aromatic rings. The number of urea groups is 1. The second-order valence-electron chi connectivity index (χ2n) is 6.24. The van der Waals surface area contributed by atoms with Crippen LogP contribution in [0, 0.1) is 0 Å². The molecule has 2 rings (SSSR count). The van der Waals surface area contributed by atoms with E-state index in [-0.39, 0.29) is 18.5 Å². The van der Waals surface area contributed by atoms with E-state index in [9.17, 15) is 9.59 Å². The van der Waals surface area contributed by atoms with Crippen molar-refractivity contribution in [1.29, 1.82) is 0 Å². The summed E-state index contributed by atoms with van der Waals surface area (Å²) >= 11 is 0. The van der Waals surface area contributed by atoms with Crippen molar-refractivity contribution in [3.8, 4) is 5.75 Å². The molecular formula is C21H28N4O3. The maximum absolute atomic E-state index is 12.4. The Bertz CT molecular complexity index is 760. The number of nitrogens with zero attached hydrogens (tertiary/aromatic N) is 1. The molecule has 0 spiro atoms. The minimum absolute atomic E-state index is 0.0471. The first-order valence-electron chi connectivity index (χ1n) is 9.24. The zero-order valence-electron chi connectivity index (χ0n) is 16.6. The number of methoxy groups -OCH3 is 1. The van der Waals surface area contributed by atoms with Gasteiger partial charge in [-0.05, 0) is 42.3 Å². The lowest BCUT2D eigenvalue weighted by atomic mass is 10.2. The van der Waals surface area contributed by atoms with Crippen LogP contribution in [0.2, 0.25) is 0 Å². The molecule has 0 unspecified atom stereocenters. The minimum atomic E-state index is -0.369. The monoisotopic (exact) mass is 384 g/mol. The van der Waals surface area contributed by atoms with E-state index in [2.05, 4.69) is 16.0 Å². The summed E-state index contributed by atoms with van der Waals surface area (Å²) in [5.74, 6) is 0.643. The van der Waals surface area contributed by atoms with Crippen molar-refractivity contribution < 1.29 is 14.3 Å². The van der Waals surface area contributed by atoms with Gasteiger partial charge < -0.3 is 25.6 Å². The molecule has 0 aliphatic heterocycles. The number of amides is 3. The summed E-state index contributed by atoms with van der Waals surface area (Å²) < 4.78 is 5.14. The Morgan fingerprint density at radius 1 is 0.964 bits per heavy atom. The molecule has 3 amide bonds. The van der Waals surface area contributed by atoms with E-state index in [0.717, 1.165) is 22.6 Å². The van der Waals surface area contributed by atoms with Crippen LogP contribution in [0.15, 0.2) is 48.5 Å². The average Bonchev–Trinajstić information content (AvgIpc) is 2.75. The average molecular weight is 384 g/mol. The van der Waals surface area contributed by atoms with Gasteiger partial charge in [0.05, 0.1) is 13.7 Å². The SMILES string of the molecule is CCN(Cc1ccc(OC)cc1)C(=O)CNC(=O)NCc1ccc(NC)cc1. The van der Waals surface area contributed by atoms with Gasteiger partial charge in [0.25, 0.3) is 0 Å². The van der Waals surface area contributed by atoms with Crippen molar-refractivity contribution in [3.63, 3.8) is 0 Å². The first kappa shape index (κ1) is 21.1. The van der Waals surface area contributed by atoms with Crippen molar-refractivity contribution in [2.24, 2.45) is 0 Å². The van der Waals surface area contributed by atoms with E-state index in [1.807, 2.05) is 62.5 Å². The van der Waals surface area contributed by atoms with Gasteiger partial charge in [-0.3, -0.25) is 4.79 Å². The lowest BCUT2D eigenvalue weighted by Crippen LogP contribution is -2.43. The highest BCUT2D eigenvalue weighted by Crippen LogP contribution is 2.13. The highest BCUT2D eigenvalue weighted by molar-refractivity contribution is 5.84. The van der Waals surface area contributed by atoms with E-state index in [1.54, 1.807) is 12.0 Å². The van der Waals surface area contributed by atoms with Gasteiger partial charge in [0.15, 0.2) is 0 Å². The zero-order chi connectivity index (χ0) is 20.4. The minimum Gasteiger partial charge on any atom is -0.497 e. The third-order valence-electron chi connectivity index (χ3n) is 4.36. The number of hydrogen-bond acceptors (Lipinski definition) is 4. The lowest BCUT2D eigenvalue weighted by molar-refractivity contribution is -0.130. The summed E-state index contributed by atoms with van der Waals surface area (Å²) in [6.45, 7) is 3.31. The van der Waals surface area contributed by atoms with Gasteiger partial charge in [0.1, 0.15) is 5.75 Å². The maximum Gasteiger partial charge on any atom is 0.315 e. The molecule has 0 aromatic heterocycles. The normalized spacial score (nSPS) is 10.1. The van der Waals surface area contributed by atoms with Crippen molar-refractivity contribution in [2.75, 3.05) is 32.6 Å². The molecule has 0 radical (unpaired) electrons. The number of carbonyl (C=O) groups is 2. The van der Waals surface area contributed by atoms with Gasteiger partial charge >= 0.3 is 6.03 Å². The molecule has 2 aromatic carbocycles. The number of hydrogen-bond donors (Lipinski definition) is 3. The third-order valence-corrected chi connectivity index (χ3v) is 4.36. The molecule has 7 heteroatoms. The van der Waals surface area contributed by atoms with Crippen molar-refractivity contribution in [2.45, 2.75) is 20.0 Å². The molecule has 0 bridgehead atoms. The Morgan fingerprint density at radius 2 is 1.61 bits per heavy atom. The van der Waals surface area contributed by atoms with Gasteiger partial charge in [-0.1, -0.05) is 24.3 Å². The van der Waals surface area contributed by atoms with Gasteiger partial charge in [0.2, 0.25) is 5.91 Å². The maximum atomic E-state index is 12.4. The largest absolute Gasteiger partial charge is 0.497 e. The third kappa shape index (κ3) is 6.50. The molecule has 7 nitrogen and oxygen atoms in total. The fraction of sp³-hybridized carbons (Fsp3) is 0.333. The molecule has 0 aliphatic rings. The molecule has 0 saturated carbocycles. The number of nitrogens with one attached hydrogen (secondary N) is 3. The highest BCUT2D eigenvalue weighted by atomic mass is 16.5. The second kappa shape index (κ2) is 10.8. The Kier molecular flexibility index (Phi) is 8.14. The quantitative estimate of drug-likeness (QED) is 0.621. The first-order chi connectivity index (χ1) is 13.5. The number of anilines is 1. The van der Waals surface area contributed by atoms with Crippen LogP contribution in [0.5, 0.6) is 5.75 Å². The molecule has 0 fully saturated rings. The number of ether oxygens (including phenoxy) is 1. The second-order valence-corrected chi connectivity index (χ2v) is 6.24. The standard InChI is InChI=1S/C21H28N4O3/c1-4-25(15-17-7-11-19(28-3)12-8-17)20(26)14-24-21(27)23-13-16-5-9-18(22-2)10-6-16/h5-12,22H,4,13-15H2,1-3H3,(H2,23,24,27). The summed E-state index contributed by atoms with van der Waals surface area (Å²) in [6.07, 6.45) is 0. The van der Waals surface area contributed by atoms with Crippen molar-refractivity contribution in [3.05, 3.63) is 59.7 Å². The molecular weight excluding hydrogens is 356 g/mol. The molecule has 28 heavy (non-hydrogen) atoms. The summed E-state index contributed by atoms with van der Waals surface area (Å²) in [6, 6.07) is 15.0. The van der Waals surface area contributed by atoms with Gasteiger partial charge in [-0.2, -0.15) is 0 Å². The zero-order valence-corrected chi connectivity index (χ0v) is 16.6. The predicted octanol–water partition coefficient (Wildman–Crippen LogP) is 2.58. The highest BCUT2D eigenvalue weighted by Gasteiger charge is 2.13. The molecule has 150 valence electrons. The van der Waals surface area contributed by atoms with Crippen LogP contribution in [0.25, 0.3) is 0 Å². The van der Waals surface area contributed by atoms with Crippen molar-refractivity contribution in [1.82, 2.24) is 15.5 Å². The molecule has 0 aliphatic carbocycles. The number of carbonyl (C=O) groups excluding carboxylic acids is 2. The van der Waals surface area contributed by atoms with Crippen LogP contribution in [0.1, 0.15) is 18.1 Å². The van der Waals surface area contributed by atoms with Crippen LogP contribution in [0.4, 0.5) is 10.5 Å². The van der Waals surface area contributed by atoms with Crippen LogP contribution in [0.3, 0.4) is 0 Å².